The molecule has 0 saturated heterocycles. The van der Waals surface area contributed by atoms with Crippen molar-refractivity contribution in [3.63, 3.8) is 0 Å². The van der Waals surface area contributed by atoms with Crippen molar-refractivity contribution in [1.82, 2.24) is 5.32 Å². The summed E-state index contributed by atoms with van der Waals surface area (Å²) >= 11 is 2.14. The lowest BCUT2D eigenvalue weighted by molar-refractivity contribution is 0.157. The molecule has 0 spiro atoms. The third kappa shape index (κ3) is 5.94. The quantitative estimate of drug-likeness (QED) is 0.743. The minimum atomic E-state index is -0.130. The Morgan fingerprint density at radius 1 is 1.22 bits per heavy atom. The van der Waals surface area contributed by atoms with E-state index in [9.17, 15) is 5.11 Å². The molecule has 3 heteroatoms. The van der Waals surface area contributed by atoms with Crippen molar-refractivity contribution in [3.8, 4) is 0 Å². The smallest absolute Gasteiger partial charge is 0.0611 e. The second-order valence-corrected chi connectivity index (χ2v) is 8.17. The molecular formula is C15H31NOS. The van der Waals surface area contributed by atoms with E-state index in [4.69, 9.17) is 0 Å². The maximum absolute atomic E-state index is 9.62. The van der Waals surface area contributed by atoms with Gasteiger partial charge in [-0.05, 0) is 26.2 Å². The predicted molar refractivity (Wildman–Crippen MR) is 82.3 cm³/mol. The molecule has 0 aromatic rings. The fourth-order valence-electron chi connectivity index (χ4n) is 3.08. The Kier molecular flexibility index (Phi) is 7.04. The van der Waals surface area contributed by atoms with Crippen LogP contribution in [0.25, 0.3) is 0 Å². The zero-order valence-electron chi connectivity index (χ0n) is 12.5. The number of nitrogens with one attached hydrogen (secondary N) is 1. The van der Waals surface area contributed by atoms with E-state index < -0.39 is 0 Å². The highest BCUT2D eigenvalue weighted by Gasteiger charge is 2.28. The molecule has 108 valence electrons. The molecular weight excluding hydrogens is 242 g/mol. The summed E-state index contributed by atoms with van der Waals surface area (Å²) in [5, 5.41) is 14.6. The standard InChI is InChI=1S/C15H31NOS/c1-12(2)16-15(4,11-17)10-13(3)18-14-8-6-5-7-9-14/h12-14,16-17H,5-11H2,1-4H3. The normalized spacial score (nSPS) is 23.0. The first kappa shape index (κ1) is 16.3. The number of rotatable bonds is 7. The lowest BCUT2D eigenvalue weighted by atomic mass is 9.96. The van der Waals surface area contributed by atoms with Gasteiger partial charge in [-0.15, -0.1) is 0 Å². The molecule has 0 heterocycles. The first-order valence-electron chi connectivity index (χ1n) is 7.49. The maximum Gasteiger partial charge on any atom is 0.0611 e. The Balaban J connectivity index is 2.38. The predicted octanol–water partition coefficient (Wildman–Crippen LogP) is 3.58. The van der Waals surface area contributed by atoms with Gasteiger partial charge >= 0.3 is 0 Å². The number of hydrogen-bond donors (Lipinski definition) is 2. The van der Waals surface area contributed by atoms with Crippen LogP contribution in [0, 0.1) is 0 Å². The van der Waals surface area contributed by atoms with Crippen LogP contribution in [-0.4, -0.2) is 33.8 Å². The van der Waals surface area contributed by atoms with Gasteiger partial charge in [-0.2, -0.15) is 11.8 Å². The van der Waals surface area contributed by atoms with E-state index in [-0.39, 0.29) is 12.1 Å². The van der Waals surface area contributed by atoms with Crippen molar-refractivity contribution in [1.29, 1.82) is 0 Å². The van der Waals surface area contributed by atoms with Crippen LogP contribution in [0.5, 0.6) is 0 Å². The largest absolute Gasteiger partial charge is 0.394 e. The topological polar surface area (TPSA) is 32.3 Å². The van der Waals surface area contributed by atoms with E-state index in [1.807, 2.05) is 0 Å². The van der Waals surface area contributed by atoms with Crippen molar-refractivity contribution >= 4 is 11.8 Å². The van der Waals surface area contributed by atoms with Crippen LogP contribution in [0.3, 0.4) is 0 Å². The Labute approximate surface area is 117 Å². The lowest BCUT2D eigenvalue weighted by Crippen LogP contribution is -2.50. The van der Waals surface area contributed by atoms with Crippen molar-refractivity contribution in [3.05, 3.63) is 0 Å². The molecule has 1 rings (SSSR count). The van der Waals surface area contributed by atoms with Crippen molar-refractivity contribution in [2.75, 3.05) is 6.61 Å². The molecule has 2 N–H and O–H groups in total. The highest BCUT2D eigenvalue weighted by atomic mass is 32.2. The van der Waals surface area contributed by atoms with Gasteiger partial charge in [0, 0.05) is 22.1 Å². The third-order valence-electron chi connectivity index (χ3n) is 3.70. The second kappa shape index (κ2) is 7.76. The second-order valence-electron chi connectivity index (χ2n) is 6.43. The molecule has 18 heavy (non-hydrogen) atoms. The van der Waals surface area contributed by atoms with Gasteiger partial charge in [0.2, 0.25) is 0 Å². The summed E-state index contributed by atoms with van der Waals surface area (Å²) in [7, 11) is 0. The summed E-state index contributed by atoms with van der Waals surface area (Å²) in [6, 6.07) is 0.425. The molecule has 0 aliphatic heterocycles. The first-order valence-corrected chi connectivity index (χ1v) is 8.43. The summed E-state index contributed by atoms with van der Waals surface area (Å²) in [5.74, 6) is 0. The van der Waals surface area contributed by atoms with Crippen LogP contribution in [0.2, 0.25) is 0 Å². The van der Waals surface area contributed by atoms with Gasteiger partial charge in [-0.25, -0.2) is 0 Å². The molecule has 0 aromatic heterocycles. The third-order valence-corrected chi connectivity index (χ3v) is 5.19. The molecule has 1 fully saturated rings. The van der Waals surface area contributed by atoms with Crippen molar-refractivity contribution in [2.24, 2.45) is 0 Å². The minimum absolute atomic E-state index is 0.130. The van der Waals surface area contributed by atoms with Crippen LogP contribution in [0.4, 0.5) is 0 Å². The molecule has 0 aromatic carbocycles. The fourth-order valence-corrected chi connectivity index (χ4v) is 4.80. The molecule has 0 amide bonds. The minimum Gasteiger partial charge on any atom is -0.394 e. The Bertz CT molecular complexity index is 229. The number of thioether (sulfide) groups is 1. The summed E-state index contributed by atoms with van der Waals surface area (Å²) in [5.41, 5.74) is -0.130. The van der Waals surface area contributed by atoms with Gasteiger partial charge in [-0.3, -0.25) is 0 Å². The SMILES string of the molecule is CC(C)NC(C)(CO)CC(C)SC1CCCCC1. The Hall–Kier alpha value is 0.270. The molecule has 1 aliphatic carbocycles. The van der Waals surface area contributed by atoms with Gasteiger partial charge < -0.3 is 10.4 Å². The Morgan fingerprint density at radius 3 is 2.33 bits per heavy atom. The van der Waals surface area contributed by atoms with Crippen molar-refractivity contribution in [2.45, 2.75) is 88.3 Å². The van der Waals surface area contributed by atoms with E-state index in [2.05, 4.69) is 44.8 Å². The van der Waals surface area contributed by atoms with Gasteiger partial charge in [0.1, 0.15) is 0 Å². The van der Waals surface area contributed by atoms with Crippen molar-refractivity contribution < 1.29 is 5.11 Å². The van der Waals surface area contributed by atoms with E-state index in [1.54, 1.807) is 0 Å². The van der Waals surface area contributed by atoms with E-state index in [0.717, 1.165) is 11.7 Å². The molecule has 2 unspecified atom stereocenters. The van der Waals surface area contributed by atoms with E-state index >= 15 is 0 Å². The molecule has 0 bridgehead atoms. The average Bonchev–Trinajstić information content (AvgIpc) is 2.28. The van der Waals surface area contributed by atoms with Gasteiger partial charge in [0.15, 0.2) is 0 Å². The molecule has 1 saturated carbocycles. The maximum atomic E-state index is 9.62. The lowest BCUT2D eigenvalue weighted by Gasteiger charge is -2.35. The van der Waals surface area contributed by atoms with Gasteiger partial charge in [-0.1, -0.05) is 40.0 Å². The highest BCUT2D eigenvalue weighted by molar-refractivity contribution is 8.00. The first-order chi connectivity index (χ1) is 8.45. The molecule has 1 aliphatic rings. The van der Waals surface area contributed by atoms with Gasteiger partial charge in [0.25, 0.3) is 0 Å². The molecule has 0 radical (unpaired) electrons. The molecule has 2 nitrogen and oxygen atoms in total. The summed E-state index contributed by atoms with van der Waals surface area (Å²) in [4.78, 5) is 0. The zero-order chi connectivity index (χ0) is 13.6. The number of aliphatic hydroxyl groups excluding tert-OH is 1. The number of hydrogen-bond acceptors (Lipinski definition) is 3. The number of aliphatic hydroxyl groups is 1. The van der Waals surface area contributed by atoms with Crippen LogP contribution in [0.1, 0.15) is 66.2 Å². The molecule has 2 atom stereocenters. The average molecular weight is 273 g/mol. The monoisotopic (exact) mass is 273 g/mol. The van der Waals surface area contributed by atoms with Crippen LogP contribution < -0.4 is 5.32 Å². The van der Waals surface area contributed by atoms with Crippen LogP contribution >= 0.6 is 11.8 Å². The van der Waals surface area contributed by atoms with E-state index in [1.165, 1.54) is 32.1 Å². The summed E-state index contributed by atoms with van der Waals surface area (Å²) in [6.07, 6.45) is 8.07. The van der Waals surface area contributed by atoms with Crippen LogP contribution in [0.15, 0.2) is 0 Å². The zero-order valence-corrected chi connectivity index (χ0v) is 13.4. The van der Waals surface area contributed by atoms with Gasteiger partial charge in [0.05, 0.1) is 6.61 Å². The fraction of sp³-hybridized carbons (Fsp3) is 1.00. The van der Waals surface area contributed by atoms with Crippen LogP contribution in [-0.2, 0) is 0 Å². The Morgan fingerprint density at radius 2 is 1.83 bits per heavy atom. The summed E-state index contributed by atoms with van der Waals surface area (Å²) < 4.78 is 0. The highest BCUT2D eigenvalue weighted by Crippen LogP contribution is 2.33. The van der Waals surface area contributed by atoms with E-state index in [0.29, 0.717) is 11.3 Å². The summed E-state index contributed by atoms with van der Waals surface area (Å²) in [6.45, 7) is 8.97.